The highest BCUT2D eigenvalue weighted by Crippen LogP contribution is 2.38. The van der Waals surface area contributed by atoms with Crippen molar-refractivity contribution in [2.45, 2.75) is 40.5 Å². The van der Waals surface area contributed by atoms with E-state index in [9.17, 15) is 13.5 Å². The topological polar surface area (TPSA) is 80.4 Å². The van der Waals surface area contributed by atoms with Gasteiger partial charge in [-0.25, -0.2) is 0 Å². The quantitative estimate of drug-likeness (QED) is 0.776. The molecule has 1 rings (SSSR count). The highest BCUT2D eigenvalue weighted by atomic mass is 32.2. The molecular weight excluding hydrogens is 262 g/mol. The Labute approximate surface area is 116 Å². The van der Waals surface area contributed by atoms with Crippen molar-refractivity contribution in [2.24, 2.45) is 17.1 Å². The minimum atomic E-state index is -2.37. The summed E-state index contributed by atoms with van der Waals surface area (Å²) >= 11 is 0. The Morgan fingerprint density at radius 3 is 2.32 bits per heavy atom. The fourth-order valence-electron chi connectivity index (χ4n) is 2.28. The molecule has 3 N–H and O–H groups in total. The van der Waals surface area contributed by atoms with Crippen molar-refractivity contribution in [1.82, 2.24) is 0 Å². The highest BCUT2D eigenvalue weighted by Gasteiger charge is 2.36. The van der Waals surface area contributed by atoms with E-state index in [4.69, 9.17) is 5.73 Å². The van der Waals surface area contributed by atoms with Gasteiger partial charge >= 0.3 is 0 Å². The Kier molecular flexibility index (Phi) is 4.98. The second-order valence-electron chi connectivity index (χ2n) is 5.45. The van der Waals surface area contributed by atoms with Crippen molar-refractivity contribution in [3.05, 3.63) is 23.0 Å². The molecule has 4 nitrogen and oxygen atoms in total. The van der Waals surface area contributed by atoms with E-state index in [-0.39, 0.29) is 22.6 Å². The zero-order valence-electron chi connectivity index (χ0n) is 12.0. The van der Waals surface area contributed by atoms with Crippen LogP contribution in [0, 0.1) is 11.3 Å². The van der Waals surface area contributed by atoms with Crippen molar-refractivity contribution < 1.29 is 13.5 Å². The monoisotopic (exact) mass is 285 g/mol. The first kappa shape index (κ1) is 16.0. The van der Waals surface area contributed by atoms with E-state index >= 15 is 0 Å². The maximum atomic E-state index is 11.6. The molecule has 0 bridgehead atoms. The zero-order chi connectivity index (χ0) is 14.8. The van der Waals surface area contributed by atoms with E-state index in [0.717, 1.165) is 17.6 Å². The predicted octanol–water partition coefficient (Wildman–Crippen LogP) is 2.21. The van der Waals surface area contributed by atoms with Gasteiger partial charge in [0.1, 0.15) is 5.76 Å². The Morgan fingerprint density at radius 1 is 1.37 bits per heavy atom. The first-order valence-electron chi connectivity index (χ1n) is 6.60. The van der Waals surface area contributed by atoms with E-state index in [2.05, 4.69) is 0 Å². The zero-order valence-corrected chi connectivity index (χ0v) is 12.8. The fraction of sp³-hybridized carbons (Fsp3) is 0.643. The molecule has 0 aromatic carbocycles. The Morgan fingerprint density at radius 2 is 1.95 bits per heavy atom. The molecule has 0 saturated carbocycles. The van der Waals surface area contributed by atoms with Crippen LogP contribution < -0.4 is 5.73 Å². The molecule has 1 aliphatic rings. The number of hydrogen-bond acceptors (Lipinski definition) is 4. The van der Waals surface area contributed by atoms with Crippen LogP contribution in [0.1, 0.15) is 40.5 Å². The molecule has 0 radical (unpaired) electrons. The van der Waals surface area contributed by atoms with Crippen molar-refractivity contribution in [1.29, 1.82) is 0 Å². The van der Waals surface area contributed by atoms with Gasteiger partial charge in [-0.2, -0.15) is 8.42 Å². The molecule has 1 unspecified atom stereocenters. The van der Waals surface area contributed by atoms with Crippen LogP contribution in [0.5, 0.6) is 0 Å². The minimum Gasteiger partial charge on any atom is -0.511 e. The normalized spacial score (nSPS) is 20.6. The summed E-state index contributed by atoms with van der Waals surface area (Å²) in [7, 11) is -2.37. The number of rotatable bonds is 4. The van der Waals surface area contributed by atoms with E-state index < -0.39 is 16.2 Å². The molecule has 108 valence electrons. The molecule has 5 heteroatoms. The van der Waals surface area contributed by atoms with Crippen molar-refractivity contribution in [3.8, 4) is 0 Å². The Balaban J connectivity index is 3.61. The van der Waals surface area contributed by atoms with Crippen LogP contribution in [-0.4, -0.2) is 24.9 Å². The van der Waals surface area contributed by atoms with Gasteiger partial charge in [0.2, 0.25) is 10.3 Å². The van der Waals surface area contributed by atoms with Crippen LogP contribution in [0.3, 0.4) is 0 Å². The molecule has 0 amide bonds. The van der Waals surface area contributed by atoms with Gasteiger partial charge in [-0.15, -0.1) is 0 Å². The summed E-state index contributed by atoms with van der Waals surface area (Å²) in [6.07, 6.45) is 3.29. The molecule has 1 atom stereocenters. The minimum absolute atomic E-state index is 0.0930. The van der Waals surface area contributed by atoms with Gasteiger partial charge in [0, 0.05) is 6.54 Å². The summed E-state index contributed by atoms with van der Waals surface area (Å²) < 4.78 is 23.1. The lowest BCUT2D eigenvalue weighted by Crippen LogP contribution is -2.35. The van der Waals surface area contributed by atoms with Gasteiger partial charge < -0.3 is 10.8 Å². The molecule has 1 aliphatic carbocycles. The number of aliphatic hydroxyl groups excluding tert-OH is 1. The van der Waals surface area contributed by atoms with Crippen LogP contribution in [-0.2, 0) is 10.3 Å². The lowest BCUT2D eigenvalue weighted by molar-refractivity contribution is 0.354. The van der Waals surface area contributed by atoms with Crippen molar-refractivity contribution in [2.75, 3.05) is 6.54 Å². The molecule has 0 spiro atoms. The average Bonchev–Trinajstić information content (AvgIpc) is 2.37. The SMILES string of the molecule is CCC1=C(O)C(CN)C(=S(=O)=O)C(C(C)(C)CC)=C1. The first-order chi connectivity index (χ1) is 8.80. The lowest BCUT2D eigenvalue weighted by atomic mass is 9.73. The van der Waals surface area contributed by atoms with E-state index in [1.807, 2.05) is 33.8 Å². The third kappa shape index (κ3) is 2.92. The van der Waals surface area contributed by atoms with Crippen LogP contribution >= 0.6 is 0 Å². The van der Waals surface area contributed by atoms with Crippen LogP contribution in [0.25, 0.3) is 0 Å². The predicted molar refractivity (Wildman–Crippen MR) is 78.6 cm³/mol. The lowest BCUT2D eigenvalue weighted by Gasteiger charge is -2.33. The summed E-state index contributed by atoms with van der Waals surface area (Å²) in [5, 5.41) is 10.2. The van der Waals surface area contributed by atoms with Gasteiger partial charge in [0.05, 0.1) is 10.8 Å². The highest BCUT2D eigenvalue weighted by molar-refractivity contribution is 7.73. The molecule has 0 fully saturated rings. The Hall–Kier alpha value is -1.07. The van der Waals surface area contributed by atoms with Gasteiger partial charge in [-0.1, -0.05) is 33.8 Å². The number of aliphatic hydroxyl groups is 1. The summed E-state index contributed by atoms with van der Waals surface area (Å²) in [6.45, 7) is 8.07. The third-order valence-electron chi connectivity index (χ3n) is 3.97. The molecule has 0 heterocycles. The second kappa shape index (κ2) is 5.92. The summed E-state index contributed by atoms with van der Waals surface area (Å²) in [6, 6.07) is 0. The fourth-order valence-corrected chi connectivity index (χ4v) is 3.24. The second-order valence-corrected chi connectivity index (χ2v) is 6.36. The van der Waals surface area contributed by atoms with Crippen LogP contribution in [0.2, 0.25) is 0 Å². The average molecular weight is 285 g/mol. The number of nitrogens with two attached hydrogens (primary N) is 1. The third-order valence-corrected chi connectivity index (χ3v) is 4.83. The maximum absolute atomic E-state index is 11.6. The van der Waals surface area contributed by atoms with Crippen molar-refractivity contribution in [3.63, 3.8) is 0 Å². The molecule has 0 aromatic heterocycles. The molecule has 19 heavy (non-hydrogen) atoms. The van der Waals surface area contributed by atoms with Gasteiger partial charge in [-0.3, -0.25) is 0 Å². The smallest absolute Gasteiger partial charge is 0.218 e. The van der Waals surface area contributed by atoms with E-state index in [1.165, 1.54) is 0 Å². The molecular formula is C14H23NO3S. The van der Waals surface area contributed by atoms with Gasteiger partial charge in [0.15, 0.2) is 0 Å². The van der Waals surface area contributed by atoms with Gasteiger partial charge in [-0.05, 0) is 29.4 Å². The number of allylic oxidation sites excluding steroid dienone is 3. The van der Waals surface area contributed by atoms with Crippen LogP contribution in [0.15, 0.2) is 23.0 Å². The summed E-state index contributed by atoms with van der Waals surface area (Å²) in [5.74, 6) is -0.515. The largest absolute Gasteiger partial charge is 0.511 e. The van der Waals surface area contributed by atoms with E-state index in [0.29, 0.717) is 6.42 Å². The Bertz CT molecular complexity index is 545. The summed E-state index contributed by atoms with van der Waals surface area (Å²) in [4.78, 5) is 0.240. The molecule has 0 saturated heterocycles. The first-order valence-corrected chi connectivity index (χ1v) is 7.68. The summed E-state index contributed by atoms with van der Waals surface area (Å²) in [5.41, 5.74) is 6.96. The molecule has 0 aliphatic heterocycles. The standard InChI is InChI=1S/C14H23NO3S/c1-5-9-7-11(14(3,4)6-2)13(19(17)18)10(8-15)12(9)16/h7,10,16H,5-6,8,15H2,1-4H3. The van der Waals surface area contributed by atoms with E-state index in [1.54, 1.807) is 0 Å². The molecule has 0 aromatic rings. The van der Waals surface area contributed by atoms with Crippen LogP contribution in [0.4, 0.5) is 0 Å². The maximum Gasteiger partial charge on any atom is 0.218 e. The van der Waals surface area contributed by atoms with Crippen molar-refractivity contribution >= 4 is 15.2 Å². The van der Waals surface area contributed by atoms with Gasteiger partial charge in [0.25, 0.3) is 0 Å². The number of hydrogen-bond donors (Lipinski definition) is 2.